The van der Waals surface area contributed by atoms with E-state index in [1.165, 1.54) is 0 Å². The lowest BCUT2D eigenvalue weighted by Crippen LogP contribution is -2.26. The van der Waals surface area contributed by atoms with E-state index in [1.54, 1.807) is 25.3 Å². The number of halogens is 1. The molecule has 3 nitrogen and oxygen atoms in total. The van der Waals surface area contributed by atoms with E-state index in [1.807, 2.05) is 0 Å². The van der Waals surface area contributed by atoms with Gasteiger partial charge in [-0.3, -0.25) is 4.79 Å². The van der Waals surface area contributed by atoms with E-state index < -0.39 is 0 Å². The first-order valence-corrected chi connectivity index (χ1v) is 6.00. The molecule has 0 amide bonds. The monoisotopic (exact) mass is 255 g/mol. The van der Waals surface area contributed by atoms with Crippen molar-refractivity contribution >= 4 is 17.4 Å². The Kier molecular flexibility index (Phi) is 5.45. The minimum absolute atomic E-state index is 0.00926. The second kappa shape index (κ2) is 6.62. The zero-order valence-electron chi connectivity index (χ0n) is 10.4. The number of hydrogen-bond acceptors (Lipinski definition) is 3. The van der Waals surface area contributed by atoms with Gasteiger partial charge in [-0.2, -0.15) is 0 Å². The Hall–Kier alpha value is -1.06. The molecule has 0 spiro atoms. The van der Waals surface area contributed by atoms with Crippen LogP contribution in [-0.2, 0) is 0 Å². The first-order valence-electron chi connectivity index (χ1n) is 5.62. The van der Waals surface area contributed by atoms with Crippen LogP contribution in [0.15, 0.2) is 18.2 Å². The minimum atomic E-state index is -0.00926. The molecule has 1 aromatic rings. The number of Topliss-reactive ketones (excluding diaryl/α,β-unsaturated/α-hetero) is 1. The lowest BCUT2D eigenvalue weighted by molar-refractivity contribution is 0.0987. The highest BCUT2D eigenvalue weighted by Crippen LogP contribution is 2.22. The van der Waals surface area contributed by atoms with Crippen LogP contribution < -0.4 is 10.1 Å². The maximum atomic E-state index is 12.0. The van der Waals surface area contributed by atoms with Gasteiger partial charge < -0.3 is 10.1 Å². The quantitative estimate of drug-likeness (QED) is 0.795. The lowest BCUT2D eigenvalue weighted by atomic mass is 10.1. The van der Waals surface area contributed by atoms with Crippen molar-refractivity contribution in [3.05, 3.63) is 28.8 Å². The third kappa shape index (κ3) is 4.36. The van der Waals surface area contributed by atoms with Crippen molar-refractivity contribution in [2.24, 2.45) is 5.92 Å². The van der Waals surface area contributed by atoms with Crippen LogP contribution in [0.1, 0.15) is 24.2 Å². The molecule has 0 saturated carbocycles. The predicted molar refractivity (Wildman–Crippen MR) is 70.0 cm³/mol. The number of hydrogen-bond donors (Lipinski definition) is 1. The summed E-state index contributed by atoms with van der Waals surface area (Å²) >= 11 is 5.87. The van der Waals surface area contributed by atoms with E-state index in [2.05, 4.69) is 19.2 Å². The van der Waals surface area contributed by atoms with Gasteiger partial charge in [-0.1, -0.05) is 25.4 Å². The zero-order chi connectivity index (χ0) is 12.8. The average molecular weight is 256 g/mol. The Balaban J connectivity index is 2.70. The highest BCUT2D eigenvalue weighted by atomic mass is 35.5. The molecule has 0 aliphatic heterocycles. The van der Waals surface area contributed by atoms with E-state index in [-0.39, 0.29) is 5.78 Å². The number of carbonyl (C=O) groups excluding carboxylic acids is 1. The third-order valence-corrected chi connectivity index (χ3v) is 2.54. The summed E-state index contributed by atoms with van der Waals surface area (Å²) in [5, 5.41) is 3.65. The SMILES string of the molecule is COc1ccc(Cl)cc1C(=O)CNCC(C)C. The second-order valence-corrected chi connectivity index (χ2v) is 4.73. The van der Waals surface area contributed by atoms with Gasteiger partial charge in [0.25, 0.3) is 0 Å². The van der Waals surface area contributed by atoms with Gasteiger partial charge in [0.05, 0.1) is 19.2 Å². The molecule has 0 fully saturated rings. The maximum Gasteiger partial charge on any atom is 0.180 e. The molecule has 0 aliphatic carbocycles. The Morgan fingerprint density at radius 3 is 2.76 bits per heavy atom. The smallest absolute Gasteiger partial charge is 0.180 e. The average Bonchev–Trinajstić information content (AvgIpc) is 2.28. The molecule has 17 heavy (non-hydrogen) atoms. The molecule has 1 aromatic carbocycles. The van der Waals surface area contributed by atoms with Gasteiger partial charge >= 0.3 is 0 Å². The molecule has 0 aliphatic rings. The van der Waals surface area contributed by atoms with Crippen LogP contribution in [-0.4, -0.2) is 26.0 Å². The van der Waals surface area contributed by atoms with E-state index in [0.717, 1.165) is 6.54 Å². The van der Waals surface area contributed by atoms with Gasteiger partial charge in [-0.05, 0) is 30.7 Å². The molecule has 0 atom stereocenters. The highest BCUT2D eigenvalue weighted by molar-refractivity contribution is 6.31. The molecular weight excluding hydrogens is 238 g/mol. The topological polar surface area (TPSA) is 38.3 Å². The fourth-order valence-electron chi connectivity index (χ4n) is 1.47. The summed E-state index contributed by atoms with van der Waals surface area (Å²) in [4.78, 5) is 12.0. The molecule has 0 saturated heterocycles. The Morgan fingerprint density at radius 1 is 1.47 bits per heavy atom. The summed E-state index contributed by atoms with van der Waals surface area (Å²) in [5.41, 5.74) is 0.524. The van der Waals surface area contributed by atoms with E-state index >= 15 is 0 Å². The standard InChI is InChI=1S/C13H18ClNO2/c1-9(2)7-15-8-12(16)11-6-10(14)4-5-13(11)17-3/h4-6,9,15H,7-8H2,1-3H3. The van der Waals surface area contributed by atoms with Gasteiger partial charge in [0.2, 0.25) is 0 Å². The number of methoxy groups -OCH3 is 1. The summed E-state index contributed by atoms with van der Waals surface area (Å²) in [5.74, 6) is 1.07. The molecule has 0 heterocycles. The Morgan fingerprint density at radius 2 is 2.18 bits per heavy atom. The zero-order valence-corrected chi connectivity index (χ0v) is 11.2. The van der Waals surface area contributed by atoms with Crippen molar-refractivity contribution < 1.29 is 9.53 Å². The Bertz CT molecular complexity index is 391. The largest absolute Gasteiger partial charge is 0.496 e. The lowest BCUT2D eigenvalue weighted by Gasteiger charge is -2.10. The maximum absolute atomic E-state index is 12.0. The van der Waals surface area contributed by atoms with Crippen molar-refractivity contribution in [2.75, 3.05) is 20.2 Å². The molecule has 0 aromatic heterocycles. The van der Waals surface area contributed by atoms with Crippen molar-refractivity contribution in [1.82, 2.24) is 5.32 Å². The van der Waals surface area contributed by atoms with Crippen LogP contribution in [0.4, 0.5) is 0 Å². The van der Waals surface area contributed by atoms with Crippen LogP contribution >= 0.6 is 11.6 Å². The molecule has 1 N–H and O–H groups in total. The van der Waals surface area contributed by atoms with Crippen LogP contribution in [0.25, 0.3) is 0 Å². The highest BCUT2D eigenvalue weighted by Gasteiger charge is 2.12. The van der Waals surface area contributed by atoms with Crippen LogP contribution in [0.5, 0.6) is 5.75 Å². The number of ether oxygens (including phenoxy) is 1. The van der Waals surface area contributed by atoms with Gasteiger partial charge in [0.1, 0.15) is 5.75 Å². The predicted octanol–water partition coefficient (Wildman–Crippen LogP) is 2.78. The number of ketones is 1. The number of benzene rings is 1. The van der Waals surface area contributed by atoms with Crippen molar-refractivity contribution in [1.29, 1.82) is 0 Å². The second-order valence-electron chi connectivity index (χ2n) is 4.29. The number of carbonyl (C=O) groups is 1. The first kappa shape index (κ1) is 14.0. The molecule has 4 heteroatoms. The molecule has 0 radical (unpaired) electrons. The summed E-state index contributed by atoms with van der Waals surface area (Å²) < 4.78 is 5.14. The molecule has 0 bridgehead atoms. The van der Waals surface area contributed by atoms with Gasteiger partial charge in [0.15, 0.2) is 5.78 Å². The van der Waals surface area contributed by atoms with Gasteiger partial charge in [-0.25, -0.2) is 0 Å². The fourth-order valence-corrected chi connectivity index (χ4v) is 1.64. The first-order chi connectivity index (χ1) is 8.04. The van der Waals surface area contributed by atoms with Gasteiger partial charge in [0, 0.05) is 5.02 Å². The summed E-state index contributed by atoms with van der Waals surface area (Å²) in [6.07, 6.45) is 0. The van der Waals surface area contributed by atoms with Crippen LogP contribution in [0.2, 0.25) is 5.02 Å². The van der Waals surface area contributed by atoms with Crippen molar-refractivity contribution in [3.63, 3.8) is 0 Å². The van der Waals surface area contributed by atoms with E-state index in [9.17, 15) is 4.79 Å². The Labute approximate surface area is 107 Å². The molecular formula is C13H18ClNO2. The van der Waals surface area contributed by atoms with Crippen LogP contribution in [0, 0.1) is 5.92 Å². The molecule has 1 rings (SSSR count). The van der Waals surface area contributed by atoms with Crippen molar-refractivity contribution in [3.8, 4) is 5.75 Å². The van der Waals surface area contributed by atoms with Crippen molar-refractivity contribution in [2.45, 2.75) is 13.8 Å². The van der Waals surface area contributed by atoms with E-state index in [0.29, 0.717) is 28.8 Å². The normalized spacial score (nSPS) is 10.6. The summed E-state index contributed by atoms with van der Waals surface area (Å²) in [7, 11) is 1.54. The summed E-state index contributed by atoms with van der Waals surface area (Å²) in [6, 6.07) is 5.05. The minimum Gasteiger partial charge on any atom is -0.496 e. The summed E-state index contributed by atoms with van der Waals surface area (Å²) in [6.45, 7) is 5.30. The van der Waals surface area contributed by atoms with E-state index in [4.69, 9.17) is 16.3 Å². The molecule has 0 unspecified atom stereocenters. The fraction of sp³-hybridized carbons (Fsp3) is 0.462. The third-order valence-electron chi connectivity index (χ3n) is 2.30. The number of nitrogens with one attached hydrogen (secondary N) is 1. The number of rotatable bonds is 6. The van der Waals surface area contributed by atoms with Crippen LogP contribution in [0.3, 0.4) is 0 Å². The molecule has 94 valence electrons. The van der Waals surface area contributed by atoms with Gasteiger partial charge in [-0.15, -0.1) is 0 Å².